The second kappa shape index (κ2) is 5.27. The summed E-state index contributed by atoms with van der Waals surface area (Å²) in [7, 11) is 0. The van der Waals surface area contributed by atoms with Gasteiger partial charge < -0.3 is 9.63 Å². The highest BCUT2D eigenvalue weighted by Gasteiger charge is 2.42. The molecule has 110 valence electrons. The lowest BCUT2D eigenvalue weighted by atomic mass is 9.83. The van der Waals surface area contributed by atoms with Gasteiger partial charge in [-0.05, 0) is 37.5 Å². The Morgan fingerprint density at radius 3 is 2.86 bits per heavy atom. The normalized spacial score (nSPS) is 17.0. The molecular weight excluding hydrogens is 270 g/mol. The first kappa shape index (κ1) is 13.7. The monoisotopic (exact) mass is 287 g/mol. The van der Waals surface area contributed by atoms with Crippen molar-refractivity contribution in [2.24, 2.45) is 5.41 Å². The highest BCUT2D eigenvalue weighted by molar-refractivity contribution is 5.75. The smallest absolute Gasteiger partial charge is 0.310 e. The number of aliphatic carboxylic acids is 1. The number of nitrogens with zero attached hydrogens (tertiary/aromatic N) is 3. The fourth-order valence-electron chi connectivity index (χ4n) is 2.90. The predicted octanol–water partition coefficient (Wildman–Crippen LogP) is 2.63. The van der Waals surface area contributed by atoms with Crippen molar-refractivity contribution >= 4 is 5.97 Å². The summed E-state index contributed by atoms with van der Waals surface area (Å²) in [6.45, 7) is 1.96. The van der Waals surface area contributed by atoms with Crippen molar-refractivity contribution in [3.63, 3.8) is 0 Å². The first-order valence-electron chi connectivity index (χ1n) is 7.08. The number of aryl methyl sites for hydroxylation is 1. The Kier molecular flexibility index (Phi) is 3.45. The van der Waals surface area contributed by atoms with E-state index in [1.54, 1.807) is 6.20 Å². The zero-order valence-electron chi connectivity index (χ0n) is 11.9. The fourth-order valence-corrected chi connectivity index (χ4v) is 2.90. The van der Waals surface area contributed by atoms with Crippen molar-refractivity contribution in [3.05, 3.63) is 29.8 Å². The number of rotatable bonds is 4. The van der Waals surface area contributed by atoms with E-state index in [9.17, 15) is 9.90 Å². The minimum atomic E-state index is -0.770. The summed E-state index contributed by atoms with van der Waals surface area (Å²) >= 11 is 0. The van der Waals surface area contributed by atoms with Gasteiger partial charge in [0.25, 0.3) is 0 Å². The van der Waals surface area contributed by atoms with Crippen LogP contribution in [0, 0.1) is 12.3 Å². The Hall–Kier alpha value is -2.24. The molecule has 21 heavy (non-hydrogen) atoms. The third kappa shape index (κ3) is 2.66. The maximum absolute atomic E-state index is 11.5. The van der Waals surface area contributed by atoms with Crippen molar-refractivity contribution in [3.8, 4) is 11.5 Å². The van der Waals surface area contributed by atoms with E-state index in [4.69, 9.17) is 4.52 Å². The average Bonchev–Trinajstić information content (AvgIpc) is 3.09. The SMILES string of the molecule is Cc1ccnc(-c2noc(CC3(C(=O)O)CCCC3)n2)c1. The van der Waals surface area contributed by atoms with Gasteiger partial charge in [-0.3, -0.25) is 9.78 Å². The fraction of sp³-hybridized carbons (Fsp3) is 0.467. The largest absolute Gasteiger partial charge is 0.481 e. The number of hydrogen-bond donors (Lipinski definition) is 1. The molecular formula is C15H17N3O3. The molecule has 0 radical (unpaired) electrons. The molecule has 2 heterocycles. The molecule has 1 saturated carbocycles. The lowest BCUT2D eigenvalue weighted by Gasteiger charge is -2.21. The molecule has 0 saturated heterocycles. The molecule has 0 spiro atoms. The Balaban J connectivity index is 1.83. The third-order valence-corrected chi connectivity index (χ3v) is 4.12. The van der Waals surface area contributed by atoms with Gasteiger partial charge in [-0.1, -0.05) is 18.0 Å². The van der Waals surface area contributed by atoms with Crippen molar-refractivity contribution in [1.29, 1.82) is 0 Å². The molecule has 6 nitrogen and oxygen atoms in total. The Morgan fingerprint density at radius 2 is 2.19 bits per heavy atom. The second-order valence-corrected chi connectivity index (χ2v) is 5.70. The van der Waals surface area contributed by atoms with Crippen LogP contribution in [0.5, 0.6) is 0 Å². The third-order valence-electron chi connectivity index (χ3n) is 4.12. The van der Waals surface area contributed by atoms with E-state index >= 15 is 0 Å². The number of hydrogen-bond acceptors (Lipinski definition) is 5. The van der Waals surface area contributed by atoms with Gasteiger partial charge in [-0.2, -0.15) is 4.98 Å². The van der Waals surface area contributed by atoms with E-state index in [0.29, 0.717) is 36.7 Å². The van der Waals surface area contributed by atoms with E-state index in [0.717, 1.165) is 18.4 Å². The van der Waals surface area contributed by atoms with E-state index < -0.39 is 11.4 Å². The molecule has 1 N–H and O–H groups in total. The van der Waals surface area contributed by atoms with Crippen molar-refractivity contribution in [1.82, 2.24) is 15.1 Å². The van der Waals surface area contributed by atoms with Crippen LogP contribution >= 0.6 is 0 Å². The first-order valence-corrected chi connectivity index (χ1v) is 7.08. The molecule has 2 aromatic rings. The van der Waals surface area contributed by atoms with E-state index in [-0.39, 0.29) is 0 Å². The summed E-state index contributed by atoms with van der Waals surface area (Å²) < 4.78 is 5.23. The van der Waals surface area contributed by atoms with E-state index in [1.165, 1.54) is 0 Å². The van der Waals surface area contributed by atoms with Gasteiger partial charge in [0.05, 0.1) is 5.41 Å². The maximum atomic E-state index is 11.5. The van der Waals surface area contributed by atoms with Crippen LogP contribution in [0.3, 0.4) is 0 Å². The number of carboxylic acids is 1. The van der Waals surface area contributed by atoms with Crippen molar-refractivity contribution in [2.75, 3.05) is 0 Å². The second-order valence-electron chi connectivity index (χ2n) is 5.70. The summed E-state index contributed by atoms with van der Waals surface area (Å²) in [5.74, 6) is 0.0123. The van der Waals surface area contributed by atoms with Crippen LogP contribution in [0.1, 0.15) is 37.1 Å². The van der Waals surface area contributed by atoms with Gasteiger partial charge in [0, 0.05) is 12.6 Å². The van der Waals surface area contributed by atoms with Crippen LogP contribution in [0.4, 0.5) is 0 Å². The molecule has 0 bridgehead atoms. The zero-order chi connectivity index (χ0) is 14.9. The Bertz CT molecular complexity index is 660. The van der Waals surface area contributed by atoms with Gasteiger partial charge >= 0.3 is 5.97 Å². The van der Waals surface area contributed by atoms with Crippen LogP contribution in [-0.2, 0) is 11.2 Å². The standard InChI is InChI=1S/C15H17N3O3/c1-10-4-7-16-11(8-10)13-17-12(21-18-13)9-15(14(19)20)5-2-3-6-15/h4,7-8H,2-3,5-6,9H2,1H3,(H,19,20). The maximum Gasteiger partial charge on any atom is 0.310 e. The summed E-state index contributed by atoms with van der Waals surface area (Å²) in [4.78, 5) is 20.1. The minimum Gasteiger partial charge on any atom is -0.481 e. The van der Waals surface area contributed by atoms with Gasteiger partial charge in [0.2, 0.25) is 11.7 Å². The van der Waals surface area contributed by atoms with E-state index in [2.05, 4.69) is 15.1 Å². The summed E-state index contributed by atoms with van der Waals surface area (Å²) in [5.41, 5.74) is 0.953. The van der Waals surface area contributed by atoms with Gasteiger partial charge in [0.15, 0.2) is 0 Å². The summed E-state index contributed by atoms with van der Waals surface area (Å²) in [6.07, 6.45) is 5.20. The summed E-state index contributed by atoms with van der Waals surface area (Å²) in [5, 5.41) is 13.4. The molecule has 0 aromatic carbocycles. The van der Waals surface area contributed by atoms with Gasteiger partial charge in [-0.15, -0.1) is 0 Å². The van der Waals surface area contributed by atoms with E-state index in [1.807, 2.05) is 19.1 Å². The van der Waals surface area contributed by atoms with Crippen LogP contribution in [-0.4, -0.2) is 26.2 Å². The highest BCUT2D eigenvalue weighted by Crippen LogP contribution is 2.41. The average molecular weight is 287 g/mol. The molecule has 6 heteroatoms. The van der Waals surface area contributed by atoms with Gasteiger partial charge in [-0.25, -0.2) is 0 Å². The number of aromatic nitrogens is 3. The Morgan fingerprint density at radius 1 is 1.43 bits per heavy atom. The molecule has 3 rings (SSSR count). The number of carbonyl (C=O) groups is 1. The van der Waals surface area contributed by atoms with Crippen molar-refractivity contribution in [2.45, 2.75) is 39.0 Å². The van der Waals surface area contributed by atoms with Crippen LogP contribution in [0.15, 0.2) is 22.9 Å². The predicted molar refractivity (Wildman–Crippen MR) is 74.5 cm³/mol. The summed E-state index contributed by atoms with van der Waals surface area (Å²) in [6, 6.07) is 3.76. The molecule has 1 fully saturated rings. The van der Waals surface area contributed by atoms with Crippen LogP contribution in [0.2, 0.25) is 0 Å². The number of pyridine rings is 1. The van der Waals surface area contributed by atoms with Crippen LogP contribution in [0.25, 0.3) is 11.5 Å². The van der Waals surface area contributed by atoms with Crippen molar-refractivity contribution < 1.29 is 14.4 Å². The zero-order valence-corrected chi connectivity index (χ0v) is 11.9. The van der Waals surface area contributed by atoms with Crippen LogP contribution < -0.4 is 0 Å². The molecule has 2 aromatic heterocycles. The number of carboxylic acid groups (broad SMARTS) is 1. The first-order chi connectivity index (χ1) is 10.1. The molecule has 0 aliphatic heterocycles. The Labute approximate surface area is 122 Å². The highest BCUT2D eigenvalue weighted by atomic mass is 16.5. The topological polar surface area (TPSA) is 89.1 Å². The quantitative estimate of drug-likeness (QED) is 0.929. The lowest BCUT2D eigenvalue weighted by Crippen LogP contribution is -2.30. The molecule has 0 amide bonds. The minimum absolute atomic E-state index is 0.293. The van der Waals surface area contributed by atoms with Gasteiger partial charge in [0.1, 0.15) is 5.69 Å². The molecule has 1 aliphatic rings. The molecule has 0 atom stereocenters. The molecule has 1 aliphatic carbocycles. The molecule has 0 unspecified atom stereocenters. The lowest BCUT2D eigenvalue weighted by molar-refractivity contribution is -0.148.